The Bertz CT molecular complexity index is 777. The molecule has 2 rings (SSSR count). The highest BCUT2D eigenvalue weighted by atomic mass is 19.4. The molecular weight excluding hydrogens is 359 g/mol. The van der Waals surface area contributed by atoms with Gasteiger partial charge in [-0.3, -0.25) is 0 Å². The molecule has 1 unspecified atom stereocenters. The van der Waals surface area contributed by atoms with E-state index >= 15 is 0 Å². The molecule has 9 heteroatoms. The fourth-order valence-electron chi connectivity index (χ4n) is 2.31. The van der Waals surface area contributed by atoms with Crippen LogP contribution in [0.4, 0.5) is 24.5 Å². The third-order valence-corrected chi connectivity index (χ3v) is 3.78. The number of hydrazine groups is 1. The standard InChI is InChI=1S/C18H22F3N5O/c1-12(11-27-2)26(23)25-17(22)15-5-3-4-6-16(15)24-14-9-7-13(8-10-14)18(19,20)21/h3-10,12,24H,11,23H2,1-2H3,(H2,22,25). The van der Waals surface area contributed by atoms with Crippen molar-refractivity contribution in [2.45, 2.75) is 19.1 Å². The van der Waals surface area contributed by atoms with Crippen molar-refractivity contribution < 1.29 is 17.9 Å². The Labute approximate surface area is 155 Å². The molecule has 0 aliphatic rings. The lowest BCUT2D eigenvalue weighted by molar-refractivity contribution is -0.137. The Balaban J connectivity index is 2.22. The van der Waals surface area contributed by atoms with Crippen molar-refractivity contribution >= 4 is 17.2 Å². The summed E-state index contributed by atoms with van der Waals surface area (Å²) in [5.41, 5.74) is 6.99. The van der Waals surface area contributed by atoms with Crippen molar-refractivity contribution in [1.29, 1.82) is 0 Å². The average molecular weight is 381 g/mol. The largest absolute Gasteiger partial charge is 0.416 e. The predicted octanol–water partition coefficient (Wildman–Crippen LogP) is 3.28. The minimum absolute atomic E-state index is 0.162. The highest BCUT2D eigenvalue weighted by molar-refractivity contribution is 6.02. The molecule has 0 radical (unpaired) electrons. The number of hydrogen-bond acceptors (Lipinski definition) is 5. The van der Waals surface area contributed by atoms with Crippen molar-refractivity contribution in [1.82, 2.24) is 5.12 Å². The fraction of sp³-hybridized carbons (Fsp3) is 0.278. The number of amidine groups is 1. The molecule has 1 atom stereocenters. The molecule has 0 fully saturated rings. The van der Waals surface area contributed by atoms with Crippen LogP contribution in [0.25, 0.3) is 0 Å². The summed E-state index contributed by atoms with van der Waals surface area (Å²) in [4.78, 5) is 0. The molecule has 0 saturated heterocycles. The first-order valence-electron chi connectivity index (χ1n) is 8.13. The fourth-order valence-corrected chi connectivity index (χ4v) is 2.31. The van der Waals surface area contributed by atoms with E-state index < -0.39 is 11.7 Å². The third-order valence-electron chi connectivity index (χ3n) is 3.78. The van der Waals surface area contributed by atoms with Crippen LogP contribution in [0, 0.1) is 0 Å². The highest BCUT2D eigenvalue weighted by Gasteiger charge is 2.29. The van der Waals surface area contributed by atoms with Crippen molar-refractivity contribution in [2.75, 3.05) is 19.0 Å². The number of halogens is 3. The average Bonchev–Trinajstić information content (AvgIpc) is 2.62. The van der Waals surface area contributed by atoms with Crippen LogP contribution in [0.5, 0.6) is 0 Å². The lowest BCUT2D eigenvalue weighted by Crippen LogP contribution is -2.39. The Morgan fingerprint density at radius 2 is 1.81 bits per heavy atom. The van der Waals surface area contributed by atoms with Gasteiger partial charge in [-0.2, -0.15) is 13.2 Å². The Morgan fingerprint density at radius 1 is 1.19 bits per heavy atom. The van der Waals surface area contributed by atoms with Crippen molar-refractivity contribution in [2.24, 2.45) is 16.7 Å². The smallest absolute Gasteiger partial charge is 0.382 e. The summed E-state index contributed by atoms with van der Waals surface area (Å²) < 4.78 is 43.1. The predicted molar refractivity (Wildman–Crippen MR) is 99.3 cm³/mol. The molecule has 27 heavy (non-hydrogen) atoms. The molecule has 0 aliphatic carbocycles. The summed E-state index contributed by atoms with van der Waals surface area (Å²) in [6.07, 6.45) is -4.38. The first-order chi connectivity index (χ1) is 12.7. The van der Waals surface area contributed by atoms with Crippen LogP contribution in [-0.2, 0) is 10.9 Å². The van der Waals surface area contributed by atoms with Crippen LogP contribution in [0.3, 0.4) is 0 Å². The molecule has 5 N–H and O–H groups in total. The van der Waals surface area contributed by atoms with Gasteiger partial charge in [0.2, 0.25) is 0 Å². The van der Waals surface area contributed by atoms with Gasteiger partial charge in [-0.05, 0) is 43.3 Å². The molecule has 0 heterocycles. The third kappa shape index (κ3) is 5.60. The van der Waals surface area contributed by atoms with Gasteiger partial charge >= 0.3 is 6.18 Å². The quantitative estimate of drug-likeness (QED) is 0.296. The molecule has 0 aliphatic heterocycles. The molecule has 146 valence electrons. The van der Waals surface area contributed by atoms with Crippen LogP contribution < -0.4 is 16.9 Å². The molecule has 6 nitrogen and oxygen atoms in total. The van der Waals surface area contributed by atoms with Crippen molar-refractivity contribution in [3.8, 4) is 0 Å². The van der Waals surface area contributed by atoms with Gasteiger partial charge in [0.25, 0.3) is 0 Å². The first kappa shape index (κ1) is 20.5. The summed E-state index contributed by atoms with van der Waals surface area (Å²) in [5.74, 6) is 6.02. The number of nitrogens with zero attached hydrogens (tertiary/aromatic N) is 2. The number of alkyl halides is 3. The number of benzene rings is 2. The maximum atomic E-state index is 12.7. The van der Waals surface area contributed by atoms with E-state index in [0.717, 1.165) is 12.1 Å². The maximum absolute atomic E-state index is 12.7. The monoisotopic (exact) mass is 381 g/mol. The van der Waals surface area contributed by atoms with E-state index in [2.05, 4.69) is 10.4 Å². The number of hydrogen-bond donors (Lipinski definition) is 3. The van der Waals surface area contributed by atoms with Gasteiger partial charge in [-0.25, -0.2) is 11.0 Å². The topological polar surface area (TPSA) is 88.9 Å². The SMILES string of the molecule is COCC(C)N(N)/N=C(\N)c1ccccc1Nc1ccc(C(F)(F)F)cc1. The summed E-state index contributed by atoms with van der Waals surface area (Å²) in [6, 6.07) is 11.6. The van der Waals surface area contributed by atoms with Crippen molar-refractivity contribution in [3.63, 3.8) is 0 Å². The highest BCUT2D eigenvalue weighted by Crippen LogP contribution is 2.30. The molecule has 0 bridgehead atoms. The molecule has 0 aromatic heterocycles. The van der Waals surface area contributed by atoms with E-state index in [1.54, 1.807) is 31.4 Å². The zero-order valence-electron chi connectivity index (χ0n) is 15.0. The summed E-state index contributed by atoms with van der Waals surface area (Å²) in [7, 11) is 1.56. The lowest BCUT2D eigenvalue weighted by Gasteiger charge is -2.21. The number of hydrazone groups is 1. The van der Waals surface area contributed by atoms with Crippen LogP contribution >= 0.6 is 0 Å². The molecule has 2 aromatic carbocycles. The number of para-hydroxylation sites is 1. The second-order valence-corrected chi connectivity index (χ2v) is 5.92. The van der Waals surface area contributed by atoms with Crippen LogP contribution in [0.1, 0.15) is 18.1 Å². The maximum Gasteiger partial charge on any atom is 0.416 e. The van der Waals surface area contributed by atoms with E-state index in [1.165, 1.54) is 17.3 Å². The van der Waals surface area contributed by atoms with E-state index in [9.17, 15) is 13.2 Å². The summed E-state index contributed by atoms with van der Waals surface area (Å²) in [5, 5.41) is 8.40. The normalized spacial score (nSPS) is 13.3. The summed E-state index contributed by atoms with van der Waals surface area (Å²) >= 11 is 0. The van der Waals surface area contributed by atoms with Crippen LogP contribution in [-0.4, -0.2) is 30.7 Å². The number of nitrogens with two attached hydrogens (primary N) is 2. The number of nitrogens with one attached hydrogen (secondary N) is 1. The van der Waals surface area contributed by atoms with Gasteiger partial charge in [0, 0.05) is 24.0 Å². The van der Waals surface area contributed by atoms with Gasteiger partial charge in [-0.15, -0.1) is 5.10 Å². The minimum atomic E-state index is -4.38. The van der Waals surface area contributed by atoms with Crippen molar-refractivity contribution in [3.05, 3.63) is 59.7 Å². The van der Waals surface area contributed by atoms with E-state index in [0.29, 0.717) is 23.5 Å². The molecule has 2 aromatic rings. The molecule has 0 spiro atoms. The van der Waals surface area contributed by atoms with Gasteiger partial charge in [0.1, 0.15) is 0 Å². The second-order valence-electron chi connectivity index (χ2n) is 5.92. The first-order valence-corrected chi connectivity index (χ1v) is 8.13. The van der Waals surface area contributed by atoms with E-state index in [4.69, 9.17) is 16.3 Å². The van der Waals surface area contributed by atoms with Crippen LogP contribution in [0.2, 0.25) is 0 Å². The number of methoxy groups -OCH3 is 1. The number of ether oxygens (including phenoxy) is 1. The van der Waals surface area contributed by atoms with Gasteiger partial charge in [0.15, 0.2) is 5.84 Å². The van der Waals surface area contributed by atoms with Gasteiger partial charge in [-0.1, -0.05) is 12.1 Å². The Hall–Kier alpha value is -2.78. The molecule has 0 amide bonds. The molecule has 0 saturated carbocycles. The second kappa shape index (κ2) is 8.74. The van der Waals surface area contributed by atoms with Gasteiger partial charge in [0.05, 0.1) is 18.2 Å². The van der Waals surface area contributed by atoms with Crippen LogP contribution in [0.15, 0.2) is 53.6 Å². The number of anilines is 2. The molecular formula is C18H22F3N5O. The van der Waals surface area contributed by atoms with E-state index in [-0.39, 0.29) is 11.9 Å². The van der Waals surface area contributed by atoms with E-state index in [1.807, 2.05) is 6.92 Å². The lowest BCUT2D eigenvalue weighted by atomic mass is 10.1. The Morgan fingerprint density at radius 3 is 2.41 bits per heavy atom. The minimum Gasteiger partial charge on any atom is -0.382 e. The Kier molecular flexibility index (Phi) is 6.65. The zero-order chi connectivity index (χ0) is 20.0. The zero-order valence-corrected chi connectivity index (χ0v) is 15.0. The number of rotatable bonds is 7. The van der Waals surface area contributed by atoms with Gasteiger partial charge < -0.3 is 15.8 Å². The summed E-state index contributed by atoms with van der Waals surface area (Å²) in [6.45, 7) is 2.20.